The van der Waals surface area contributed by atoms with E-state index in [-0.39, 0.29) is 11.3 Å². The molecule has 8 heteroatoms. The first-order chi connectivity index (χ1) is 14.4. The average Bonchev–Trinajstić information content (AvgIpc) is 2.75. The molecular weight excluding hydrogens is 386 g/mol. The molecule has 1 aromatic heterocycles. The fourth-order valence-corrected chi connectivity index (χ4v) is 3.64. The molecule has 8 nitrogen and oxygen atoms in total. The first-order valence-corrected chi connectivity index (χ1v) is 9.48. The molecule has 0 atom stereocenters. The Morgan fingerprint density at radius 1 is 1.20 bits per heavy atom. The van der Waals surface area contributed by atoms with Crippen LogP contribution in [0.2, 0.25) is 0 Å². The number of carbonyl (C=O) groups excluding carboxylic acids is 2. The summed E-state index contributed by atoms with van der Waals surface area (Å²) in [6.07, 6.45) is 0.726. The number of aromatic nitrogens is 1. The molecule has 3 aromatic rings. The maximum atomic E-state index is 13.0. The van der Waals surface area contributed by atoms with Gasteiger partial charge in [0.2, 0.25) is 5.78 Å². The molecular formula is C22H19N3O5. The second-order valence-electron chi connectivity index (χ2n) is 7.22. The summed E-state index contributed by atoms with van der Waals surface area (Å²) in [6, 6.07) is 12.7. The van der Waals surface area contributed by atoms with Crippen LogP contribution in [-0.2, 0) is 17.7 Å². The Hall–Kier alpha value is -3.65. The van der Waals surface area contributed by atoms with E-state index >= 15 is 0 Å². The van der Waals surface area contributed by atoms with Crippen molar-refractivity contribution in [1.82, 2.24) is 9.88 Å². The molecule has 0 bridgehead atoms. The van der Waals surface area contributed by atoms with Crippen molar-refractivity contribution in [3.63, 3.8) is 0 Å². The van der Waals surface area contributed by atoms with Gasteiger partial charge in [0.25, 0.3) is 5.69 Å². The number of nitro benzene ring substituents is 1. The van der Waals surface area contributed by atoms with Crippen LogP contribution in [-0.4, -0.2) is 46.8 Å². The molecule has 0 saturated carbocycles. The van der Waals surface area contributed by atoms with E-state index in [1.54, 1.807) is 0 Å². The molecule has 0 amide bonds. The number of para-hydroxylation sites is 1. The van der Waals surface area contributed by atoms with Crippen LogP contribution in [0, 0.1) is 10.1 Å². The van der Waals surface area contributed by atoms with Crippen LogP contribution in [0.1, 0.15) is 32.0 Å². The summed E-state index contributed by atoms with van der Waals surface area (Å²) < 4.78 is 5.35. The van der Waals surface area contributed by atoms with Gasteiger partial charge in [0.05, 0.1) is 16.0 Å². The van der Waals surface area contributed by atoms with Gasteiger partial charge in [-0.15, -0.1) is 0 Å². The zero-order valence-corrected chi connectivity index (χ0v) is 16.3. The van der Waals surface area contributed by atoms with E-state index in [0.29, 0.717) is 23.0 Å². The molecule has 0 saturated heterocycles. The van der Waals surface area contributed by atoms with E-state index in [9.17, 15) is 19.7 Å². The molecule has 2 heterocycles. The lowest BCUT2D eigenvalue weighted by molar-refractivity contribution is -0.384. The fraction of sp³-hybridized carbons (Fsp3) is 0.227. The summed E-state index contributed by atoms with van der Waals surface area (Å²) >= 11 is 0. The minimum atomic E-state index is -0.598. The number of pyridine rings is 1. The van der Waals surface area contributed by atoms with E-state index < -0.39 is 23.3 Å². The second-order valence-corrected chi connectivity index (χ2v) is 7.22. The van der Waals surface area contributed by atoms with Crippen molar-refractivity contribution < 1.29 is 19.2 Å². The van der Waals surface area contributed by atoms with Crippen molar-refractivity contribution in [3.8, 4) is 0 Å². The molecule has 152 valence electrons. The van der Waals surface area contributed by atoms with Crippen molar-refractivity contribution >= 4 is 28.3 Å². The Labute approximate surface area is 172 Å². The predicted molar refractivity (Wildman–Crippen MR) is 109 cm³/mol. The molecule has 4 rings (SSSR count). The molecule has 1 aliphatic heterocycles. The van der Waals surface area contributed by atoms with Crippen LogP contribution >= 0.6 is 0 Å². The highest BCUT2D eigenvalue weighted by molar-refractivity contribution is 6.06. The number of rotatable bonds is 5. The van der Waals surface area contributed by atoms with Crippen LogP contribution in [0.5, 0.6) is 0 Å². The highest BCUT2D eigenvalue weighted by Gasteiger charge is 2.26. The number of carbonyl (C=O) groups is 2. The van der Waals surface area contributed by atoms with Crippen LogP contribution < -0.4 is 0 Å². The van der Waals surface area contributed by atoms with Gasteiger partial charge >= 0.3 is 5.97 Å². The van der Waals surface area contributed by atoms with Crippen LogP contribution in [0.4, 0.5) is 5.69 Å². The number of hydrogen-bond donors (Lipinski definition) is 0. The third kappa shape index (κ3) is 3.77. The Balaban J connectivity index is 1.62. The zero-order chi connectivity index (χ0) is 21.3. The van der Waals surface area contributed by atoms with Gasteiger partial charge in [-0.2, -0.15) is 0 Å². The minimum Gasteiger partial charge on any atom is -0.454 e. The lowest BCUT2D eigenvalue weighted by Crippen LogP contribution is -2.29. The van der Waals surface area contributed by atoms with E-state index in [1.807, 2.05) is 31.3 Å². The van der Waals surface area contributed by atoms with Gasteiger partial charge in [0, 0.05) is 53.9 Å². The molecule has 0 aliphatic carbocycles. The molecule has 0 spiro atoms. The van der Waals surface area contributed by atoms with Gasteiger partial charge < -0.3 is 9.64 Å². The average molecular weight is 405 g/mol. The largest absolute Gasteiger partial charge is 0.454 e. The van der Waals surface area contributed by atoms with Crippen molar-refractivity contribution in [2.45, 2.75) is 13.0 Å². The SMILES string of the molecule is CN1CCc2nc3ccccc3c(C(=O)OCC(=O)c3cccc([N+](=O)[O-])c3)c2C1. The summed E-state index contributed by atoms with van der Waals surface area (Å²) in [5.41, 5.74) is 2.74. The Morgan fingerprint density at radius 3 is 2.80 bits per heavy atom. The maximum absolute atomic E-state index is 13.0. The fourth-order valence-electron chi connectivity index (χ4n) is 3.64. The summed E-state index contributed by atoms with van der Waals surface area (Å²) in [5.74, 6) is -1.10. The number of nitrogens with zero attached hydrogens (tertiary/aromatic N) is 3. The third-order valence-corrected chi connectivity index (χ3v) is 5.15. The van der Waals surface area contributed by atoms with Gasteiger partial charge in [-0.3, -0.25) is 19.9 Å². The standard InChI is InChI=1S/C22H19N3O5/c1-24-10-9-19-17(12-24)21(16-7-2-3-8-18(16)23-19)22(27)30-13-20(26)14-5-4-6-15(11-14)25(28)29/h2-8,11H,9-10,12-13H2,1H3. The van der Waals surface area contributed by atoms with Crippen molar-refractivity contribution in [2.24, 2.45) is 0 Å². The Kier molecular flexibility index (Phi) is 5.24. The number of esters is 1. The molecule has 0 radical (unpaired) electrons. The number of benzene rings is 2. The lowest BCUT2D eigenvalue weighted by atomic mass is 9.96. The molecule has 30 heavy (non-hydrogen) atoms. The number of likely N-dealkylation sites (N-methyl/N-ethyl adjacent to an activating group) is 1. The molecule has 1 aliphatic rings. The van der Waals surface area contributed by atoms with Crippen molar-refractivity contribution in [1.29, 1.82) is 0 Å². The number of hydrogen-bond acceptors (Lipinski definition) is 7. The number of fused-ring (bicyclic) bond motifs is 2. The number of Topliss-reactive ketones (excluding diaryl/α,β-unsaturated/α-hetero) is 1. The van der Waals surface area contributed by atoms with Gasteiger partial charge in [0.15, 0.2) is 6.61 Å². The normalized spacial score (nSPS) is 13.6. The topological polar surface area (TPSA) is 103 Å². The monoisotopic (exact) mass is 405 g/mol. The molecule has 0 N–H and O–H groups in total. The predicted octanol–water partition coefficient (Wildman–Crippen LogP) is 3.17. The third-order valence-electron chi connectivity index (χ3n) is 5.15. The molecule has 0 fully saturated rings. The summed E-state index contributed by atoms with van der Waals surface area (Å²) in [4.78, 5) is 42.6. The van der Waals surface area contributed by atoms with Gasteiger partial charge in [-0.1, -0.05) is 30.3 Å². The summed E-state index contributed by atoms with van der Waals surface area (Å²) in [6.45, 7) is 0.912. The summed E-state index contributed by atoms with van der Waals surface area (Å²) in [7, 11) is 1.97. The summed E-state index contributed by atoms with van der Waals surface area (Å²) in [5, 5.41) is 11.6. The van der Waals surface area contributed by atoms with Crippen LogP contribution in [0.3, 0.4) is 0 Å². The zero-order valence-electron chi connectivity index (χ0n) is 16.3. The van der Waals surface area contributed by atoms with Gasteiger partial charge in [0.1, 0.15) is 0 Å². The number of nitro groups is 1. The van der Waals surface area contributed by atoms with Gasteiger partial charge in [-0.05, 0) is 13.1 Å². The second kappa shape index (κ2) is 8.00. The van der Waals surface area contributed by atoms with Gasteiger partial charge in [-0.25, -0.2) is 4.79 Å². The van der Waals surface area contributed by atoms with E-state index in [2.05, 4.69) is 4.90 Å². The van der Waals surface area contributed by atoms with E-state index in [1.165, 1.54) is 24.3 Å². The first-order valence-electron chi connectivity index (χ1n) is 9.48. The van der Waals surface area contributed by atoms with Crippen molar-refractivity contribution in [2.75, 3.05) is 20.2 Å². The highest BCUT2D eigenvalue weighted by Crippen LogP contribution is 2.28. The molecule has 2 aromatic carbocycles. The van der Waals surface area contributed by atoms with Crippen LogP contribution in [0.15, 0.2) is 48.5 Å². The Bertz CT molecular complexity index is 1170. The number of ether oxygens (including phenoxy) is 1. The minimum absolute atomic E-state index is 0.123. The Morgan fingerprint density at radius 2 is 2.00 bits per heavy atom. The number of non-ortho nitro benzene ring substituents is 1. The quantitative estimate of drug-likeness (QED) is 0.278. The lowest BCUT2D eigenvalue weighted by Gasteiger charge is -2.26. The maximum Gasteiger partial charge on any atom is 0.339 e. The van der Waals surface area contributed by atoms with Crippen LogP contribution in [0.25, 0.3) is 10.9 Å². The first kappa shape index (κ1) is 19.7. The highest BCUT2D eigenvalue weighted by atomic mass is 16.6. The van der Waals surface area contributed by atoms with E-state index in [4.69, 9.17) is 9.72 Å². The molecule has 0 unspecified atom stereocenters. The van der Waals surface area contributed by atoms with E-state index in [0.717, 1.165) is 24.2 Å². The smallest absolute Gasteiger partial charge is 0.339 e. The van der Waals surface area contributed by atoms with Crippen molar-refractivity contribution in [3.05, 3.63) is 81.0 Å². The number of ketones is 1.